The quantitative estimate of drug-likeness (QED) is 0.528. The highest BCUT2D eigenvalue weighted by atomic mass is 32.2. The highest BCUT2D eigenvalue weighted by molar-refractivity contribution is 7.99. The third kappa shape index (κ3) is 4.85. The monoisotopic (exact) mass is 290 g/mol. The molecule has 0 atom stereocenters. The van der Waals surface area contributed by atoms with Crippen LogP contribution in [0, 0.1) is 0 Å². The van der Waals surface area contributed by atoms with Crippen molar-refractivity contribution in [2.75, 3.05) is 25.1 Å². The molecule has 0 radical (unpaired) electrons. The van der Waals surface area contributed by atoms with E-state index in [2.05, 4.69) is 16.6 Å². The summed E-state index contributed by atoms with van der Waals surface area (Å²) in [6, 6.07) is 3.11. The molecule has 0 aliphatic rings. The smallest absolute Gasteiger partial charge is 0.273 e. The van der Waals surface area contributed by atoms with Crippen molar-refractivity contribution in [3.8, 4) is 0 Å². The van der Waals surface area contributed by atoms with Crippen molar-refractivity contribution < 1.29 is 12.8 Å². The van der Waals surface area contributed by atoms with Crippen molar-refractivity contribution in [1.29, 1.82) is 0 Å². The minimum absolute atomic E-state index is 0.0403. The Morgan fingerprint density at radius 1 is 1.50 bits per heavy atom. The molecule has 102 valence electrons. The lowest BCUT2D eigenvalue weighted by Gasteiger charge is -2.03. The fourth-order valence-corrected chi connectivity index (χ4v) is 2.94. The van der Waals surface area contributed by atoms with Crippen LogP contribution in [0.15, 0.2) is 34.3 Å². The van der Waals surface area contributed by atoms with Gasteiger partial charge in [0, 0.05) is 18.1 Å². The lowest BCUT2D eigenvalue weighted by atomic mass is 10.4. The highest BCUT2D eigenvalue weighted by Gasteiger charge is 2.17. The molecule has 0 amide bonds. The van der Waals surface area contributed by atoms with Crippen LogP contribution in [0.3, 0.4) is 0 Å². The first kappa shape index (κ1) is 15.3. The van der Waals surface area contributed by atoms with Gasteiger partial charge in [-0.25, -0.2) is 13.1 Å². The molecule has 1 aromatic heterocycles. The predicted octanol–water partition coefficient (Wildman–Crippen LogP) is 1.20. The van der Waals surface area contributed by atoms with E-state index in [1.807, 2.05) is 0 Å². The van der Waals surface area contributed by atoms with Crippen LogP contribution < -0.4 is 10.0 Å². The maximum atomic E-state index is 11.8. The molecule has 1 rings (SSSR count). The minimum Gasteiger partial charge on any atom is -0.447 e. The van der Waals surface area contributed by atoms with Crippen LogP contribution in [0.1, 0.15) is 5.76 Å². The summed E-state index contributed by atoms with van der Waals surface area (Å²) in [4.78, 5) is 0. The molecule has 0 unspecified atom stereocenters. The summed E-state index contributed by atoms with van der Waals surface area (Å²) < 4.78 is 31.4. The van der Waals surface area contributed by atoms with Crippen molar-refractivity contribution in [2.24, 2.45) is 0 Å². The van der Waals surface area contributed by atoms with E-state index in [0.717, 1.165) is 5.75 Å². The molecule has 0 saturated carbocycles. The van der Waals surface area contributed by atoms with E-state index in [0.29, 0.717) is 24.6 Å². The second kappa shape index (κ2) is 7.63. The van der Waals surface area contributed by atoms with Gasteiger partial charge in [-0.15, -0.1) is 6.58 Å². The number of nitrogens with one attached hydrogen (secondary N) is 2. The number of hydrogen-bond acceptors (Lipinski definition) is 5. The molecule has 1 heterocycles. The molecule has 7 heteroatoms. The first-order valence-electron chi connectivity index (χ1n) is 5.52. The summed E-state index contributed by atoms with van der Waals surface area (Å²) in [5.74, 6) is 2.11. The van der Waals surface area contributed by atoms with Gasteiger partial charge in [-0.2, -0.15) is 11.8 Å². The standard InChI is InChI=1S/C11H18N2O3S2/c1-3-7-17-8-6-13-18(14,15)11-5-4-10(16-11)9-12-2/h3-5,12-13H,1,6-9H2,2H3. The second-order valence-corrected chi connectivity index (χ2v) is 6.36. The van der Waals surface area contributed by atoms with Gasteiger partial charge in [0.05, 0.1) is 6.54 Å². The zero-order valence-electron chi connectivity index (χ0n) is 10.3. The van der Waals surface area contributed by atoms with Gasteiger partial charge in [-0.05, 0) is 19.2 Å². The summed E-state index contributed by atoms with van der Waals surface area (Å²) in [5.41, 5.74) is 0. The molecule has 5 nitrogen and oxygen atoms in total. The van der Waals surface area contributed by atoms with Gasteiger partial charge >= 0.3 is 0 Å². The number of sulfonamides is 1. The minimum atomic E-state index is -3.53. The van der Waals surface area contributed by atoms with Crippen LogP contribution in [0.2, 0.25) is 0 Å². The molecule has 2 N–H and O–H groups in total. The molecular formula is C11H18N2O3S2. The summed E-state index contributed by atoms with van der Waals surface area (Å²) in [6.45, 7) is 4.48. The van der Waals surface area contributed by atoms with Crippen molar-refractivity contribution in [3.63, 3.8) is 0 Å². The molecule has 1 aromatic rings. The zero-order chi connectivity index (χ0) is 13.4. The van der Waals surface area contributed by atoms with Gasteiger partial charge in [0.25, 0.3) is 10.0 Å². The molecule has 0 aliphatic carbocycles. The van der Waals surface area contributed by atoms with E-state index in [1.54, 1.807) is 31.0 Å². The predicted molar refractivity (Wildman–Crippen MR) is 74.2 cm³/mol. The van der Waals surface area contributed by atoms with Crippen LogP contribution in [0.5, 0.6) is 0 Å². The molecular weight excluding hydrogens is 272 g/mol. The Labute approximate surface area is 112 Å². The van der Waals surface area contributed by atoms with Crippen molar-refractivity contribution >= 4 is 21.8 Å². The van der Waals surface area contributed by atoms with E-state index < -0.39 is 10.0 Å². The summed E-state index contributed by atoms with van der Waals surface area (Å²) in [7, 11) is -1.76. The van der Waals surface area contributed by atoms with Gasteiger partial charge in [0.15, 0.2) is 0 Å². The van der Waals surface area contributed by atoms with E-state index in [4.69, 9.17) is 4.42 Å². The third-order valence-electron chi connectivity index (χ3n) is 2.03. The molecule has 0 saturated heterocycles. The Bertz CT molecular complexity index is 468. The Morgan fingerprint density at radius 2 is 2.28 bits per heavy atom. The van der Waals surface area contributed by atoms with Crippen LogP contribution in [0.25, 0.3) is 0 Å². The van der Waals surface area contributed by atoms with Gasteiger partial charge in [-0.1, -0.05) is 6.08 Å². The van der Waals surface area contributed by atoms with Gasteiger partial charge in [-0.3, -0.25) is 0 Å². The van der Waals surface area contributed by atoms with Gasteiger partial charge in [0.2, 0.25) is 5.09 Å². The second-order valence-electron chi connectivity index (χ2n) is 3.51. The Balaban J connectivity index is 2.49. The molecule has 18 heavy (non-hydrogen) atoms. The van der Waals surface area contributed by atoms with Crippen LogP contribution >= 0.6 is 11.8 Å². The fraction of sp³-hybridized carbons (Fsp3) is 0.455. The average molecular weight is 290 g/mol. The largest absolute Gasteiger partial charge is 0.447 e. The first-order chi connectivity index (χ1) is 8.60. The fourth-order valence-electron chi connectivity index (χ4n) is 1.26. The topological polar surface area (TPSA) is 71.3 Å². The van der Waals surface area contributed by atoms with Crippen LogP contribution in [-0.4, -0.2) is 33.5 Å². The van der Waals surface area contributed by atoms with E-state index in [9.17, 15) is 8.42 Å². The summed E-state index contributed by atoms with van der Waals surface area (Å²) >= 11 is 1.62. The maximum absolute atomic E-state index is 11.8. The van der Waals surface area contributed by atoms with Gasteiger partial charge < -0.3 is 9.73 Å². The van der Waals surface area contributed by atoms with Gasteiger partial charge in [0.1, 0.15) is 5.76 Å². The van der Waals surface area contributed by atoms with Crippen LogP contribution in [0.4, 0.5) is 0 Å². The Hall–Kier alpha value is -0.760. The first-order valence-corrected chi connectivity index (χ1v) is 8.15. The van der Waals surface area contributed by atoms with Crippen molar-refractivity contribution in [1.82, 2.24) is 10.0 Å². The lowest BCUT2D eigenvalue weighted by Crippen LogP contribution is -2.25. The molecule has 0 bridgehead atoms. The summed E-state index contributed by atoms with van der Waals surface area (Å²) in [5, 5.41) is 2.85. The van der Waals surface area contributed by atoms with E-state index in [-0.39, 0.29) is 5.09 Å². The number of rotatable bonds is 9. The SMILES string of the molecule is C=CCSCCNS(=O)(=O)c1ccc(CNC)o1. The number of thioether (sulfide) groups is 1. The Kier molecular flexibility index (Phi) is 6.48. The van der Waals surface area contributed by atoms with Crippen LogP contribution in [-0.2, 0) is 16.6 Å². The highest BCUT2D eigenvalue weighted by Crippen LogP contribution is 2.13. The van der Waals surface area contributed by atoms with E-state index in [1.165, 1.54) is 6.07 Å². The Morgan fingerprint density at radius 3 is 2.94 bits per heavy atom. The molecule has 0 aromatic carbocycles. The maximum Gasteiger partial charge on any atom is 0.273 e. The normalized spacial score (nSPS) is 11.6. The summed E-state index contributed by atoms with van der Waals surface area (Å²) in [6.07, 6.45) is 1.79. The van der Waals surface area contributed by atoms with Crippen molar-refractivity contribution in [3.05, 3.63) is 30.5 Å². The molecule has 0 aliphatic heterocycles. The molecule has 0 fully saturated rings. The zero-order valence-corrected chi connectivity index (χ0v) is 11.9. The average Bonchev–Trinajstić information content (AvgIpc) is 2.79. The lowest BCUT2D eigenvalue weighted by molar-refractivity contribution is 0.405. The third-order valence-corrected chi connectivity index (χ3v) is 4.32. The van der Waals surface area contributed by atoms with E-state index >= 15 is 0 Å². The number of furan rings is 1. The number of hydrogen-bond donors (Lipinski definition) is 2. The van der Waals surface area contributed by atoms with Crippen molar-refractivity contribution in [2.45, 2.75) is 11.6 Å². The molecule has 0 spiro atoms.